The van der Waals surface area contributed by atoms with Crippen LogP contribution in [0.1, 0.15) is 24.1 Å². The van der Waals surface area contributed by atoms with Gasteiger partial charge in [-0.15, -0.1) is 5.10 Å². The summed E-state index contributed by atoms with van der Waals surface area (Å²) >= 11 is 5.77. The lowest BCUT2D eigenvalue weighted by Gasteiger charge is -2.28. The van der Waals surface area contributed by atoms with Gasteiger partial charge in [-0.1, -0.05) is 16.8 Å². The Balaban J connectivity index is 1.77. The number of hydrogen-bond acceptors (Lipinski definition) is 5. The number of piperidine rings is 1. The molecule has 3 aromatic rings. The first-order valence-corrected chi connectivity index (χ1v) is 9.83. The highest BCUT2D eigenvalue weighted by Gasteiger charge is 2.34. The van der Waals surface area contributed by atoms with Gasteiger partial charge in [0, 0.05) is 37.6 Å². The van der Waals surface area contributed by atoms with Gasteiger partial charge in [-0.05, 0) is 43.2 Å². The van der Waals surface area contributed by atoms with Crippen molar-refractivity contribution in [2.75, 3.05) is 13.1 Å². The molecule has 0 saturated carbocycles. The summed E-state index contributed by atoms with van der Waals surface area (Å²) in [4.78, 5) is 6.16. The summed E-state index contributed by atoms with van der Waals surface area (Å²) in [5.74, 6) is 0. The van der Waals surface area contributed by atoms with Crippen LogP contribution in [0.2, 0.25) is 5.02 Å². The second-order valence-electron chi connectivity index (χ2n) is 7.20. The first-order chi connectivity index (χ1) is 14.3. The Kier molecular flexibility index (Phi) is 5.77. The smallest absolute Gasteiger partial charge is 0.393 e. The molecule has 0 unspecified atom stereocenters. The molecule has 2 aromatic heterocycles. The number of nitrogens with zero attached hydrogens (tertiary/aromatic N) is 5. The molecule has 0 spiro atoms. The van der Waals surface area contributed by atoms with Crippen molar-refractivity contribution in [1.82, 2.24) is 24.9 Å². The van der Waals surface area contributed by atoms with Crippen molar-refractivity contribution in [2.45, 2.75) is 31.7 Å². The predicted octanol–water partition coefficient (Wildman–Crippen LogP) is 3.96. The fourth-order valence-electron chi connectivity index (χ4n) is 3.55. The van der Waals surface area contributed by atoms with Crippen molar-refractivity contribution >= 4 is 11.6 Å². The normalized spacial score (nSPS) is 16.2. The zero-order valence-electron chi connectivity index (χ0n) is 15.8. The molecule has 1 N–H and O–H groups in total. The van der Waals surface area contributed by atoms with E-state index in [-0.39, 0.29) is 16.8 Å². The number of alkyl halides is 3. The Morgan fingerprint density at radius 1 is 1.10 bits per heavy atom. The molecule has 0 amide bonds. The summed E-state index contributed by atoms with van der Waals surface area (Å²) in [6, 6.07) is 7.20. The number of likely N-dealkylation sites (tertiary alicyclic amines) is 1. The van der Waals surface area contributed by atoms with Crippen LogP contribution in [-0.4, -0.2) is 49.2 Å². The van der Waals surface area contributed by atoms with Crippen LogP contribution in [0.15, 0.2) is 42.7 Å². The summed E-state index contributed by atoms with van der Waals surface area (Å²) in [5.41, 5.74) is 1.27. The van der Waals surface area contributed by atoms with Crippen molar-refractivity contribution in [3.8, 4) is 16.9 Å². The third-order valence-corrected chi connectivity index (χ3v) is 5.45. The Morgan fingerprint density at radius 2 is 1.80 bits per heavy atom. The van der Waals surface area contributed by atoms with E-state index in [2.05, 4.69) is 20.2 Å². The van der Waals surface area contributed by atoms with E-state index in [1.807, 2.05) is 0 Å². The van der Waals surface area contributed by atoms with Crippen molar-refractivity contribution in [3.63, 3.8) is 0 Å². The van der Waals surface area contributed by atoms with E-state index in [0.29, 0.717) is 43.9 Å². The topological polar surface area (TPSA) is 67.1 Å². The van der Waals surface area contributed by atoms with Gasteiger partial charge in [-0.3, -0.25) is 9.88 Å². The van der Waals surface area contributed by atoms with E-state index >= 15 is 0 Å². The summed E-state index contributed by atoms with van der Waals surface area (Å²) in [7, 11) is 0. The number of pyridine rings is 1. The first kappa shape index (κ1) is 20.8. The number of aliphatic hydroxyl groups is 1. The zero-order chi connectivity index (χ0) is 21.3. The Bertz CT molecular complexity index is 1020. The summed E-state index contributed by atoms with van der Waals surface area (Å²) in [6.45, 7) is 1.90. The molecule has 1 aliphatic heterocycles. The monoisotopic (exact) mass is 437 g/mol. The van der Waals surface area contributed by atoms with Crippen LogP contribution in [0.4, 0.5) is 13.2 Å². The molecule has 30 heavy (non-hydrogen) atoms. The third-order valence-electron chi connectivity index (χ3n) is 5.12. The maximum absolute atomic E-state index is 13.3. The lowest BCUT2D eigenvalue weighted by Crippen LogP contribution is -2.35. The number of rotatable bonds is 4. The van der Waals surface area contributed by atoms with Gasteiger partial charge in [0.25, 0.3) is 0 Å². The second kappa shape index (κ2) is 8.33. The number of hydrogen-bond donors (Lipinski definition) is 1. The highest BCUT2D eigenvalue weighted by molar-refractivity contribution is 6.31. The van der Waals surface area contributed by atoms with E-state index in [0.717, 1.165) is 11.6 Å². The lowest BCUT2D eigenvalue weighted by molar-refractivity contribution is -0.137. The highest BCUT2D eigenvalue weighted by Crippen LogP contribution is 2.36. The molecule has 0 atom stereocenters. The Labute approximate surface area is 175 Å². The van der Waals surface area contributed by atoms with Crippen LogP contribution in [0.25, 0.3) is 16.9 Å². The third kappa shape index (κ3) is 4.33. The standard InChI is InChI=1S/C20H19ClF3N5O/c21-17-2-1-14(11-16(17)20(22,23)24)29-19(13-3-7-25-8-4-13)18(26-27-29)12-28-9-5-15(30)6-10-28/h1-4,7-8,11,15,30H,5-6,9-10,12H2. The van der Waals surface area contributed by atoms with Crippen molar-refractivity contribution < 1.29 is 18.3 Å². The maximum Gasteiger partial charge on any atom is 0.417 e. The van der Waals surface area contributed by atoms with E-state index in [9.17, 15) is 18.3 Å². The minimum atomic E-state index is -4.58. The van der Waals surface area contributed by atoms with Crippen LogP contribution in [-0.2, 0) is 12.7 Å². The van der Waals surface area contributed by atoms with Crippen LogP contribution in [0.5, 0.6) is 0 Å². The van der Waals surface area contributed by atoms with E-state index in [1.165, 1.54) is 16.8 Å². The number of benzene rings is 1. The van der Waals surface area contributed by atoms with Gasteiger partial charge in [0.15, 0.2) is 0 Å². The molecule has 1 fully saturated rings. The van der Waals surface area contributed by atoms with Gasteiger partial charge >= 0.3 is 6.18 Å². The molecule has 1 aliphatic rings. The van der Waals surface area contributed by atoms with Gasteiger partial charge in [-0.25, -0.2) is 4.68 Å². The quantitative estimate of drug-likeness (QED) is 0.669. The minimum absolute atomic E-state index is 0.214. The molecule has 158 valence electrons. The summed E-state index contributed by atoms with van der Waals surface area (Å²) in [5, 5.41) is 17.8. The van der Waals surface area contributed by atoms with Gasteiger partial charge in [0.05, 0.1) is 28.1 Å². The van der Waals surface area contributed by atoms with Crippen LogP contribution < -0.4 is 0 Å². The highest BCUT2D eigenvalue weighted by atomic mass is 35.5. The fourth-order valence-corrected chi connectivity index (χ4v) is 3.78. The molecule has 3 heterocycles. The number of halogens is 4. The molecular formula is C20H19ClF3N5O. The molecule has 0 bridgehead atoms. The molecule has 1 saturated heterocycles. The number of aliphatic hydroxyl groups excluding tert-OH is 1. The average Bonchev–Trinajstić information content (AvgIpc) is 3.13. The molecule has 4 rings (SSSR count). The Morgan fingerprint density at radius 3 is 2.47 bits per heavy atom. The van der Waals surface area contributed by atoms with Gasteiger partial charge in [0.1, 0.15) is 5.69 Å². The molecular weight excluding hydrogens is 419 g/mol. The van der Waals surface area contributed by atoms with Crippen LogP contribution >= 0.6 is 11.6 Å². The lowest BCUT2D eigenvalue weighted by atomic mass is 10.1. The maximum atomic E-state index is 13.3. The summed E-state index contributed by atoms with van der Waals surface area (Å²) < 4.78 is 41.4. The van der Waals surface area contributed by atoms with Crippen LogP contribution in [0.3, 0.4) is 0 Å². The van der Waals surface area contributed by atoms with Crippen LogP contribution in [0, 0.1) is 0 Å². The van der Waals surface area contributed by atoms with E-state index < -0.39 is 11.7 Å². The average molecular weight is 438 g/mol. The molecule has 10 heteroatoms. The molecule has 1 aromatic carbocycles. The van der Waals surface area contributed by atoms with Gasteiger partial charge in [0.2, 0.25) is 0 Å². The zero-order valence-corrected chi connectivity index (χ0v) is 16.6. The minimum Gasteiger partial charge on any atom is -0.393 e. The molecule has 0 aliphatic carbocycles. The Hall–Kier alpha value is -2.49. The largest absolute Gasteiger partial charge is 0.417 e. The van der Waals surface area contributed by atoms with E-state index in [1.54, 1.807) is 24.5 Å². The molecule has 0 radical (unpaired) electrons. The second-order valence-corrected chi connectivity index (χ2v) is 7.61. The number of aromatic nitrogens is 4. The van der Waals surface area contributed by atoms with E-state index in [4.69, 9.17) is 11.6 Å². The first-order valence-electron chi connectivity index (χ1n) is 9.45. The molecule has 6 nitrogen and oxygen atoms in total. The fraction of sp³-hybridized carbons (Fsp3) is 0.350. The van der Waals surface area contributed by atoms with Gasteiger partial charge in [-0.2, -0.15) is 13.2 Å². The predicted molar refractivity (Wildman–Crippen MR) is 105 cm³/mol. The van der Waals surface area contributed by atoms with Crippen molar-refractivity contribution in [3.05, 3.63) is 59.0 Å². The SMILES string of the molecule is OC1CCN(Cc2nnn(-c3ccc(Cl)c(C(F)(F)F)c3)c2-c2ccncc2)CC1. The van der Waals surface area contributed by atoms with Crippen molar-refractivity contribution in [2.24, 2.45) is 0 Å². The van der Waals surface area contributed by atoms with Gasteiger partial charge < -0.3 is 5.11 Å². The van der Waals surface area contributed by atoms with Crippen molar-refractivity contribution in [1.29, 1.82) is 0 Å². The summed E-state index contributed by atoms with van der Waals surface area (Å²) in [6.07, 6.45) is -0.322.